The number of aliphatic hydroxyl groups is 1. The minimum atomic E-state index is -0.947. The molecule has 2 atom stereocenters. The average molecular weight is 178 g/mol. The molecular formula is C10H10O3. The van der Waals surface area contributed by atoms with Crippen molar-refractivity contribution in [3.8, 4) is 0 Å². The lowest BCUT2D eigenvalue weighted by Crippen LogP contribution is -2.21. The maximum atomic E-state index is 10.8. The van der Waals surface area contributed by atoms with Gasteiger partial charge < -0.3 is 10.2 Å². The van der Waals surface area contributed by atoms with E-state index in [1.807, 2.05) is 12.1 Å². The highest BCUT2D eigenvalue weighted by Gasteiger charge is 2.35. The molecule has 0 saturated carbocycles. The minimum Gasteiger partial charge on any atom is -0.481 e. The normalized spacial score (nSPS) is 25.6. The first-order chi connectivity index (χ1) is 6.20. The van der Waals surface area contributed by atoms with Crippen LogP contribution in [0.25, 0.3) is 0 Å². The van der Waals surface area contributed by atoms with Crippen LogP contribution in [-0.2, 0) is 11.2 Å². The average Bonchev–Trinajstić information content (AvgIpc) is 2.39. The molecule has 0 bridgehead atoms. The van der Waals surface area contributed by atoms with E-state index in [0.29, 0.717) is 6.42 Å². The van der Waals surface area contributed by atoms with Gasteiger partial charge in [0.05, 0.1) is 6.10 Å². The Balaban J connectivity index is 2.46. The molecular weight excluding hydrogens is 168 g/mol. The van der Waals surface area contributed by atoms with Gasteiger partial charge in [-0.15, -0.1) is 0 Å². The Morgan fingerprint density at radius 1 is 1.38 bits per heavy atom. The molecule has 1 aromatic rings. The van der Waals surface area contributed by atoms with Gasteiger partial charge in [-0.1, -0.05) is 24.3 Å². The van der Waals surface area contributed by atoms with Gasteiger partial charge in [-0.3, -0.25) is 4.79 Å². The van der Waals surface area contributed by atoms with Gasteiger partial charge in [0.15, 0.2) is 0 Å². The summed E-state index contributed by atoms with van der Waals surface area (Å²) in [4.78, 5) is 10.8. The number of aliphatic hydroxyl groups excluding tert-OH is 1. The van der Waals surface area contributed by atoms with Crippen LogP contribution >= 0.6 is 0 Å². The number of benzene rings is 1. The molecule has 68 valence electrons. The van der Waals surface area contributed by atoms with Gasteiger partial charge in [0, 0.05) is 0 Å². The van der Waals surface area contributed by atoms with Crippen LogP contribution in [0.4, 0.5) is 0 Å². The van der Waals surface area contributed by atoms with E-state index in [2.05, 4.69) is 0 Å². The van der Waals surface area contributed by atoms with Crippen LogP contribution < -0.4 is 0 Å². The third kappa shape index (κ3) is 1.21. The van der Waals surface area contributed by atoms with E-state index in [9.17, 15) is 9.90 Å². The fourth-order valence-corrected chi connectivity index (χ4v) is 1.87. The summed E-state index contributed by atoms with van der Waals surface area (Å²) in [6.07, 6.45) is -0.317. The molecule has 2 unspecified atom stereocenters. The third-order valence-corrected chi connectivity index (χ3v) is 2.47. The van der Waals surface area contributed by atoms with Crippen LogP contribution in [0.15, 0.2) is 24.3 Å². The lowest BCUT2D eigenvalue weighted by Gasteiger charge is -2.09. The summed E-state index contributed by atoms with van der Waals surface area (Å²) in [7, 11) is 0. The number of carboxylic acid groups (broad SMARTS) is 1. The number of fused-ring (bicyclic) bond motifs is 1. The fraction of sp³-hybridized carbons (Fsp3) is 0.300. The van der Waals surface area contributed by atoms with E-state index in [1.165, 1.54) is 0 Å². The van der Waals surface area contributed by atoms with E-state index >= 15 is 0 Å². The molecule has 0 radical (unpaired) electrons. The Kier molecular flexibility index (Phi) is 1.81. The van der Waals surface area contributed by atoms with Crippen LogP contribution in [0.1, 0.15) is 17.0 Å². The highest BCUT2D eigenvalue weighted by atomic mass is 16.4. The van der Waals surface area contributed by atoms with Gasteiger partial charge in [0.25, 0.3) is 0 Å². The smallest absolute Gasteiger partial charge is 0.313 e. The summed E-state index contributed by atoms with van der Waals surface area (Å²) in [6, 6.07) is 7.29. The van der Waals surface area contributed by atoms with Crippen molar-refractivity contribution in [2.45, 2.75) is 18.4 Å². The van der Waals surface area contributed by atoms with Crippen molar-refractivity contribution in [3.05, 3.63) is 35.4 Å². The zero-order valence-electron chi connectivity index (χ0n) is 6.97. The second-order valence-corrected chi connectivity index (χ2v) is 3.29. The quantitative estimate of drug-likeness (QED) is 0.667. The first kappa shape index (κ1) is 8.26. The predicted octanol–water partition coefficient (Wildman–Crippen LogP) is 0.772. The highest BCUT2D eigenvalue weighted by Crippen LogP contribution is 2.33. The Labute approximate surface area is 75.6 Å². The first-order valence-corrected chi connectivity index (χ1v) is 4.19. The van der Waals surface area contributed by atoms with Crippen molar-refractivity contribution >= 4 is 5.97 Å². The van der Waals surface area contributed by atoms with Crippen molar-refractivity contribution in [1.29, 1.82) is 0 Å². The van der Waals surface area contributed by atoms with Crippen molar-refractivity contribution in [2.75, 3.05) is 0 Å². The molecule has 2 rings (SSSR count). The molecule has 1 aliphatic carbocycles. The van der Waals surface area contributed by atoms with Gasteiger partial charge in [-0.05, 0) is 17.5 Å². The fourth-order valence-electron chi connectivity index (χ4n) is 1.87. The van der Waals surface area contributed by atoms with Gasteiger partial charge in [-0.2, -0.15) is 0 Å². The zero-order chi connectivity index (χ0) is 9.42. The van der Waals surface area contributed by atoms with Gasteiger partial charge in [0.1, 0.15) is 5.92 Å². The number of carbonyl (C=O) groups is 1. The summed E-state index contributed by atoms with van der Waals surface area (Å²) in [5.41, 5.74) is 1.70. The number of rotatable bonds is 1. The van der Waals surface area contributed by atoms with Gasteiger partial charge in [0.2, 0.25) is 0 Å². The molecule has 0 saturated heterocycles. The van der Waals surface area contributed by atoms with Gasteiger partial charge in [-0.25, -0.2) is 0 Å². The van der Waals surface area contributed by atoms with Crippen LogP contribution in [0.2, 0.25) is 0 Å². The second kappa shape index (κ2) is 2.85. The topological polar surface area (TPSA) is 57.5 Å². The van der Waals surface area contributed by atoms with Crippen molar-refractivity contribution in [1.82, 2.24) is 0 Å². The predicted molar refractivity (Wildman–Crippen MR) is 46.5 cm³/mol. The van der Waals surface area contributed by atoms with Crippen LogP contribution in [0.3, 0.4) is 0 Å². The monoisotopic (exact) mass is 178 g/mol. The van der Waals surface area contributed by atoms with Crippen LogP contribution in [0.5, 0.6) is 0 Å². The molecule has 0 amide bonds. The Morgan fingerprint density at radius 3 is 2.77 bits per heavy atom. The largest absolute Gasteiger partial charge is 0.481 e. The number of hydrogen-bond donors (Lipinski definition) is 2. The summed E-state index contributed by atoms with van der Waals surface area (Å²) < 4.78 is 0. The standard InChI is InChI=1S/C10H10O3/c11-8-5-6-3-1-2-4-7(6)9(8)10(12)13/h1-4,8-9,11H,5H2,(H,12,13). The molecule has 13 heavy (non-hydrogen) atoms. The van der Waals surface area contributed by atoms with E-state index in [-0.39, 0.29) is 0 Å². The number of aliphatic carboxylic acids is 1. The van der Waals surface area contributed by atoms with E-state index < -0.39 is 18.0 Å². The van der Waals surface area contributed by atoms with Crippen molar-refractivity contribution < 1.29 is 15.0 Å². The van der Waals surface area contributed by atoms with E-state index in [4.69, 9.17) is 5.11 Å². The highest BCUT2D eigenvalue weighted by molar-refractivity contribution is 5.78. The molecule has 0 heterocycles. The van der Waals surface area contributed by atoms with E-state index in [0.717, 1.165) is 11.1 Å². The van der Waals surface area contributed by atoms with Crippen molar-refractivity contribution in [2.24, 2.45) is 0 Å². The summed E-state index contributed by atoms with van der Waals surface area (Å²) in [5.74, 6) is -1.69. The minimum absolute atomic E-state index is 0.452. The Bertz CT molecular complexity index is 346. The zero-order valence-corrected chi connectivity index (χ0v) is 6.97. The third-order valence-electron chi connectivity index (χ3n) is 2.47. The molecule has 0 fully saturated rings. The first-order valence-electron chi connectivity index (χ1n) is 4.19. The number of carboxylic acids is 1. The Morgan fingerprint density at radius 2 is 2.08 bits per heavy atom. The lowest BCUT2D eigenvalue weighted by atomic mass is 10.0. The summed E-state index contributed by atoms with van der Waals surface area (Å²) in [6.45, 7) is 0. The molecule has 1 aliphatic rings. The Hall–Kier alpha value is -1.35. The summed E-state index contributed by atoms with van der Waals surface area (Å²) >= 11 is 0. The van der Waals surface area contributed by atoms with Crippen LogP contribution in [-0.4, -0.2) is 22.3 Å². The van der Waals surface area contributed by atoms with Crippen LogP contribution in [0, 0.1) is 0 Å². The SMILES string of the molecule is O=C(O)C1c2ccccc2CC1O. The van der Waals surface area contributed by atoms with Gasteiger partial charge >= 0.3 is 5.97 Å². The molecule has 0 spiro atoms. The molecule has 0 aliphatic heterocycles. The maximum absolute atomic E-state index is 10.8. The maximum Gasteiger partial charge on any atom is 0.313 e. The molecule has 0 aromatic heterocycles. The number of hydrogen-bond acceptors (Lipinski definition) is 2. The van der Waals surface area contributed by atoms with E-state index in [1.54, 1.807) is 12.1 Å². The van der Waals surface area contributed by atoms with Crippen molar-refractivity contribution in [3.63, 3.8) is 0 Å². The summed E-state index contributed by atoms with van der Waals surface area (Å²) in [5, 5.41) is 18.4. The molecule has 3 nitrogen and oxygen atoms in total. The molecule has 3 heteroatoms. The molecule has 2 N–H and O–H groups in total. The second-order valence-electron chi connectivity index (χ2n) is 3.29. The molecule has 1 aromatic carbocycles. The lowest BCUT2D eigenvalue weighted by molar-refractivity contribution is -0.141.